The zero-order chi connectivity index (χ0) is 8.81. The summed E-state index contributed by atoms with van der Waals surface area (Å²) < 4.78 is 5.24. The molecule has 1 saturated heterocycles. The summed E-state index contributed by atoms with van der Waals surface area (Å²) in [5, 5.41) is 3.95. The lowest BCUT2D eigenvalue weighted by atomic mass is 10.0. The normalized spacial score (nSPS) is 26.7. The first-order valence-corrected chi connectivity index (χ1v) is 4.04. The van der Waals surface area contributed by atoms with Crippen molar-refractivity contribution in [3.05, 3.63) is 0 Å². The maximum atomic E-state index is 5.24. The fraction of sp³-hybridized carbons (Fsp3) is 0.667. The Hall–Kier alpha value is -1.01. The van der Waals surface area contributed by atoms with Crippen LogP contribution in [-0.2, 0) is 9.57 Å². The minimum absolute atomic E-state index is 0.247. The van der Waals surface area contributed by atoms with Crippen LogP contribution in [0.5, 0.6) is 0 Å². The van der Waals surface area contributed by atoms with Gasteiger partial charge in [0.1, 0.15) is 0 Å². The lowest BCUT2D eigenvalue weighted by Gasteiger charge is -2.19. The third-order valence-electron chi connectivity index (χ3n) is 1.77. The van der Waals surface area contributed by atoms with Crippen molar-refractivity contribution in [1.82, 2.24) is 0 Å². The Morgan fingerprint density at radius 1 is 1.83 bits per heavy atom. The molecule has 66 valence electrons. The highest BCUT2D eigenvalue weighted by atomic mass is 16.6. The molecule has 0 saturated carbocycles. The van der Waals surface area contributed by atoms with Crippen LogP contribution in [0, 0.1) is 18.3 Å². The van der Waals surface area contributed by atoms with E-state index in [0.29, 0.717) is 5.92 Å². The van der Waals surface area contributed by atoms with Crippen LogP contribution in [0.3, 0.4) is 0 Å². The molecule has 1 fully saturated rings. The Morgan fingerprint density at radius 3 is 3.33 bits per heavy atom. The van der Waals surface area contributed by atoms with Crippen molar-refractivity contribution in [3.63, 3.8) is 0 Å². The predicted molar refractivity (Wildman–Crippen MR) is 46.8 cm³/mol. The monoisotopic (exact) mass is 167 g/mol. The van der Waals surface area contributed by atoms with E-state index in [2.05, 4.69) is 18.0 Å². The van der Waals surface area contributed by atoms with Gasteiger partial charge in [-0.15, -0.1) is 6.42 Å². The molecular weight excluding hydrogens is 154 g/mol. The molecule has 12 heavy (non-hydrogen) atoms. The van der Waals surface area contributed by atoms with Crippen molar-refractivity contribution in [2.75, 3.05) is 19.8 Å². The van der Waals surface area contributed by atoms with Gasteiger partial charge in [-0.25, -0.2) is 0 Å². The Kier molecular flexibility index (Phi) is 3.62. The zero-order valence-electron chi connectivity index (χ0n) is 7.25. The summed E-state index contributed by atoms with van der Waals surface area (Å²) in [6.45, 7) is 3.79. The van der Waals surface area contributed by atoms with Crippen molar-refractivity contribution >= 4 is 5.71 Å². The number of terminal acetylenes is 1. The van der Waals surface area contributed by atoms with Crippen molar-refractivity contribution in [2.45, 2.75) is 13.3 Å². The molecule has 0 aromatic carbocycles. The summed E-state index contributed by atoms with van der Waals surface area (Å²) in [5.41, 5.74) is 1.05. The third-order valence-corrected chi connectivity index (χ3v) is 1.77. The molecule has 0 aromatic heterocycles. The number of oxime groups is 1. The highest BCUT2D eigenvalue weighted by Gasteiger charge is 2.16. The quantitative estimate of drug-likeness (QED) is 0.349. The van der Waals surface area contributed by atoms with E-state index in [0.717, 1.165) is 25.3 Å². The molecule has 1 heterocycles. The van der Waals surface area contributed by atoms with Gasteiger partial charge in [0.2, 0.25) is 0 Å². The minimum Gasteiger partial charge on any atom is -0.383 e. The van der Waals surface area contributed by atoms with Crippen molar-refractivity contribution < 1.29 is 9.57 Å². The Labute approximate surface area is 72.7 Å². The fourth-order valence-corrected chi connectivity index (χ4v) is 1.07. The molecule has 1 atom stereocenters. The largest absolute Gasteiger partial charge is 0.383 e. The molecule has 1 unspecified atom stereocenters. The number of nitrogens with zero attached hydrogens (tertiary/aromatic N) is 1. The summed E-state index contributed by atoms with van der Waals surface area (Å²) in [7, 11) is 0. The molecule has 1 rings (SSSR count). The molecule has 0 amide bonds. The first-order valence-electron chi connectivity index (χ1n) is 4.04. The number of ether oxygens (including phenoxy) is 1. The average Bonchev–Trinajstić information content (AvgIpc) is 2.09. The molecule has 1 aliphatic rings. The zero-order valence-corrected chi connectivity index (χ0v) is 7.25. The second kappa shape index (κ2) is 4.78. The predicted octanol–water partition coefficient (Wildman–Crippen LogP) is 1.05. The summed E-state index contributed by atoms with van der Waals surface area (Å²) in [4.78, 5) is 4.89. The molecule has 0 aromatic rings. The van der Waals surface area contributed by atoms with E-state index >= 15 is 0 Å². The van der Waals surface area contributed by atoms with E-state index in [1.165, 1.54) is 0 Å². The Balaban J connectivity index is 2.37. The standard InChI is InChI=1S/C9H13NO2/c1-3-5-12-10-9-4-6-11-7-8(9)2/h1,8H,4-7H2,2H3/b10-9+. The van der Waals surface area contributed by atoms with Gasteiger partial charge < -0.3 is 9.57 Å². The van der Waals surface area contributed by atoms with Crippen LogP contribution in [-0.4, -0.2) is 25.5 Å². The van der Waals surface area contributed by atoms with E-state index in [1.807, 2.05) is 0 Å². The van der Waals surface area contributed by atoms with Crippen LogP contribution in [0.4, 0.5) is 0 Å². The second-order valence-corrected chi connectivity index (χ2v) is 2.79. The van der Waals surface area contributed by atoms with Gasteiger partial charge >= 0.3 is 0 Å². The molecule has 0 spiro atoms. The smallest absolute Gasteiger partial charge is 0.177 e. The molecule has 3 nitrogen and oxygen atoms in total. The topological polar surface area (TPSA) is 30.8 Å². The first kappa shape index (κ1) is 9.08. The molecule has 1 aliphatic heterocycles. The van der Waals surface area contributed by atoms with Gasteiger partial charge in [0.25, 0.3) is 0 Å². The number of rotatable bonds is 2. The highest BCUT2D eigenvalue weighted by Crippen LogP contribution is 2.10. The van der Waals surface area contributed by atoms with E-state index in [-0.39, 0.29) is 6.61 Å². The number of hydrogen-bond donors (Lipinski definition) is 0. The second-order valence-electron chi connectivity index (χ2n) is 2.79. The van der Waals surface area contributed by atoms with Crippen LogP contribution in [0.25, 0.3) is 0 Å². The van der Waals surface area contributed by atoms with E-state index in [4.69, 9.17) is 16.0 Å². The van der Waals surface area contributed by atoms with Crippen LogP contribution in [0.1, 0.15) is 13.3 Å². The molecule has 0 N–H and O–H groups in total. The first-order chi connectivity index (χ1) is 5.84. The van der Waals surface area contributed by atoms with Crippen LogP contribution >= 0.6 is 0 Å². The lowest BCUT2D eigenvalue weighted by Crippen LogP contribution is -2.25. The Morgan fingerprint density at radius 2 is 2.67 bits per heavy atom. The van der Waals surface area contributed by atoms with Gasteiger partial charge in [-0.1, -0.05) is 18.0 Å². The molecular formula is C9H13NO2. The van der Waals surface area contributed by atoms with E-state index < -0.39 is 0 Å². The van der Waals surface area contributed by atoms with Gasteiger partial charge in [-0.05, 0) is 0 Å². The molecule has 0 bridgehead atoms. The molecule has 3 heteroatoms. The van der Waals surface area contributed by atoms with E-state index in [9.17, 15) is 0 Å². The summed E-state index contributed by atoms with van der Waals surface area (Å²) in [5.74, 6) is 2.72. The summed E-state index contributed by atoms with van der Waals surface area (Å²) in [6, 6.07) is 0. The van der Waals surface area contributed by atoms with Crippen LogP contribution in [0.2, 0.25) is 0 Å². The minimum atomic E-state index is 0.247. The lowest BCUT2D eigenvalue weighted by molar-refractivity contribution is 0.103. The van der Waals surface area contributed by atoms with Crippen LogP contribution < -0.4 is 0 Å². The maximum absolute atomic E-state index is 5.24. The number of hydrogen-bond acceptors (Lipinski definition) is 3. The van der Waals surface area contributed by atoms with Crippen molar-refractivity contribution in [1.29, 1.82) is 0 Å². The fourth-order valence-electron chi connectivity index (χ4n) is 1.07. The van der Waals surface area contributed by atoms with Crippen LogP contribution in [0.15, 0.2) is 5.16 Å². The summed E-state index contributed by atoms with van der Waals surface area (Å²) >= 11 is 0. The third kappa shape index (κ3) is 2.55. The van der Waals surface area contributed by atoms with Gasteiger partial charge in [-0.3, -0.25) is 0 Å². The highest BCUT2D eigenvalue weighted by molar-refractivity contribution is 5.86. The van der Waals surface area contributed by atoms with E-state index in [1.54, 1.807) is 0 Å². The summed E-state index contributed by atoms with van der Waals surface area (Å²) in [6.07, 6.45) is 5.86. The van der Waals surface area contributed by atoms with Crippen molar-refractivity contribution in [3.8, 4) is 12.3 Å². The van der Waals surface area contributed by atoms with Crippen molar-refractivity contribution in [2.24, 2.45) is 11.1 Å². The Bertz CT molecular complexity index is 205. The van der Waals surface area contributed by atoms with Gasteiger partial charge in [-0.2, -0.15) is 0 Å². The van der Waals surface area contributed by atoms with Gasteiger partial charge in [0.15, 0.2) is 6.61 Å². The molecule has 0 aliphatic carbocycles. The average molecular weight is 167 g/mol. The maximum Gasteiger partial charge on any atom is 0.177 e. The SMILES string of the molecule is C#CCO/N=C1\CCOCC1C. The molecule has 0 radical (unpaired) electrons. The van der Waals surface area contributed by atoms with Gasteiger partial charge in [0.05, 0.1) is 18.9 Å². The van der Waals surface area contributed by atoms with Gasteiger partial charge in [0, 0.05) is 12.3 Å².